The van der Waals surface area contributed by atoms with Crippen molar-refractivity contribution < 1.29 is 14.0 Å². The van der Waals surface area contributed by atoms with Crippen molar-refractivity contribution in [3.8, 4) is 11.5 Å². The number of oxazole rings is 1. The highest BCUT2D eigenvalue weighted by Crippen LogP contribution is 2.28. The third-order valence-corrected chi connectivity index (χ3v) is 5.95. The first-order valence-electron chi connectivity index (χ1n) is 9.95. The van der Waals surface area contributed by atoms with E-state index in [9.17, 15) is 9.59 Å². The van der Waals surface area contributed by atoms with Gasteiger partial charge in [0.1, 0.15) is 11.8 Å². The monoisotopic (exact) mass is 457 g/mol. The molecule has 1 N–H and O–H groups in total. The lowest BCUT2D eigenvalue weighted by molar-refractivity contribution is -0.119. The second-order valence-corrected chi connectivity index (χ2v) is 8.36. The summed E-state index contributed by atoms with van der Waals surface area (Å²) < 4.78 is 5.68. The molecule has 0 aliphatic carbocycles. The molecule has 8 heteroatoms. The number of aryl methyl sites for hydroxylation is 2. The number of hydrogen-bond donors (Lipinski definition) is 1. The smallest absolute Gasteiger partial charge is 0.256 e. The molecule has 1 aromatic heterocycles. The molecule has 1 aliphatic rings. The highest BCUT2D eigenvalue weighted by atomic mass is 35.5. The Morgan fingerprint density at radius 3 is 2.71 bits per heavy atom. The number of benzene rings is 2. The first-order valence-corrected chi connectivity index (χ1v) is 10.7. The highest BCUT2D eigenvalue weighted by Gasteiger charge is 2.35. The molecule has 1 unspecified atom stereocenters. The van der Waals surface area contributed by atoms with Crippen LogP contribution in [0.15, 0.2) is 46.9 Å². The molecule has 0 saturated carbocycles. The van der Waals surface area contributed by atoms with Crippen LogP contribution in [0.5, 0.6) is 0 Å². The molecule has 2 aromatic carbocycles. The van der Waals surface area contributed by atoms with Gasteiger partial charge in [0.25, 0.3) is 5.91 Å². The van der Waals surface area contributed by atoms with Gasteiger partial charge in [0, 0.05) is 22.8 Å². The summed E-state index contributed by atoms with van der Waals surface area (Å²) in [6.07, 6.45) is 1.31. The lowest BCUT2D eigenvalue weighted by Crippen LogP contribution is -2.43. The van der Waals surface area contributed by atoms with Crippen molar-refractivity contribution in [1.82, 2.24) is 9.88 Å². The lowest BCUT2D eigenvalue weighted by Gasteiger charge is -2.24. The summed E-state index contributed by atoms with van der Waals surface area (Å²) in [4.78, 5) is 32.0. The Morgan fingerprint density at radius 1 is 1.16 bits per heavy atom. The molecule has 1 aliphatic heterocycles. The second kappa shape index (κ2) is 8.73. The van der Waals surface area contributed by atoms with E-state index in [0.717, 1.165) is 23.4 Å². The minimum Gasteiger partial charge on any atom is -0.441 e. The van der Waals surface area contributed by atoms with Crippen LogP contribution >= 0.6 is 23.2 Å². The Kier molecular flexibility index (Phi) is 6.03. The molecule has 0 radical (unpaired) electrons. The Balaban J connectivity index is 1.52. The summed E-state index contributed by atoms with van der Waals surface area (Å²) >= 11 is 12.2. The molecule has 160 valence electrons. The van der Waals surface area contributed by atoms with Crippen LogP contribution in [0.25, 0.3) is 11.5 Å². The van der Waals surface area contributed by atoms with Crippen molar-refractivity contribution >= 4 is 40.7 Å². The van der Waals surface area contributed by atoms with E-state index >= 15 is 0 Å². The normalized spacial score (nSPS) is 15.9. The van der Waals surface area contributed by atoms with Crippen LogP contribution in [-0.2, 0) is 4.79 Å². The van der Waals surface area contributed by atoms with Gasteiger partial charge in [0.15, 0.2) is 0 Å². The molecule has 1 atom stereocenters. The van der Waals surface area contributed by atoms with Crippen molar-refractivity contribution in [1.29, 1.82) is 0 Å². The Labute approximate surface area is 190 Å². The summed E-state index contributed by atoms with van der Waals surface area (Å²) in [6, 6.07) is 11.4. The predicted octanol–water partition coefficient (Wildman–Crippen LogP) is 5.51. The number of carbonyl (C=O) groups excluding carboxylic acids is 2. The zero-order chi connectivity index (χ0) is 22.1. The van der Waals surface area contributed by atoms with Crippen LogP contribution < -0.4 is 5.32 Å². The van der Waals surface area contributed by atoms with Gasteiger partial charge in [-0.25, -0.2) is 4.98 Å². The minimum absolute atomic E-state index is 0.249. The first kappa shape index (κ1) is 21.4. The predicted molar refractivity (Wildman–Crippen MR) is 121 cm³/mol. The molecule has 0 bridgehead atoms. The number of halogens is 2. The topological polar surface area (TPSA) is 75.4 Å². The maximum atomic E-state index is 13.0. The molecule has 6 nitrogen and oxygen atoms in total. The van der Waals surface area contributed by atoms with Crippen molar-refractivity contribution in [2.75, 3.05) is 11.9 Å². The fraction of sp³-hybridized carbons (Fsp3) is 0.261. The standard InChI is InChI=1S/C23H21Cl2N3O3/c1-13-14(2)31-22(26-13)15-5-3-6-17(11-15)27-21(29)20-7-4-10-28(20)23(30)18-12-16(24)8-9-19(18)25/h3,5-6,8-9,11-12,20H,4,7,10H2,1-2H3,(H,27,29). The molecule has 31 heavy (non-hydrogen) atoms. The quantitative estimate of drug-likeness (QED) is 0.560. The first-order chi connectivity index (χ1) is 14.8. The van der Waals surface area contributed by atoms with E-state index in [0.29, 0.717) is 40.2 Å². The van der Waals surface area contributed by atoms with Crippen molar-refractivity contribution in [2.24, 2.45) is 0 Å². The summed E-state index contributed by atoms with van der Waals surface area (Å²) in [6.45, 7) is 4.22. The number of carbonyl (C=O) groups is 2. The van der Waals surface area contributed by atoms with Gasteiger partial charge in [0.05, 0.1) is 16.3 Å². The molecular weight excluding hydrogens is 437 g/mol. The summed E-state index contributed by atoms with van der Waals surface area (Å²) in [5.41, 5.74) is 2.49. The fourth-order valence-corrected chi connectivity index (χ4v) is 4.02. The van der Waals surface area contributed by atoms with E-state index in [4.69, 9.17) is 27.6 Å². The number of likely N-dealkylation sites (tertiary alicyclic amines) is 1. The van der Waals surface area contributed by atoms with E-state index in [1.165, 1.54) is 6.07 Å². The third kappa shape index (κ3) is 4.45. The number of nitrogens with zero attached hydrogens (tertiary/aromatic N) is 2. The minimum atomic E-state index is -0.586. The van der Waals surface area contributed by atoms with E-state index < -0.39 is 6.04 Å². The van der Waals surface area contributed by atoms with Crippen LogP contribution in [0.4, 0.5) is 5.69 Å². The summed E-state index contributed by atoms with van der Waals surface area (Å²) in [5.74, 6) is 0.703. The average molecular weight is 458 g/mol. The summed E-state index contributed by atoms with van der Waals surface area (Å²) in [5, 5.41) is 3.64. The van der Waals surface area contributed by atoms with Gasteiger partial charge >= 0.3 is 0 Å². The van der Waals surface area contributed by atoms with Crippen LogP contribution in [0.1, 0.15) is 34.7 Å². The maximum Gasteiger partial charge on any atom is 0.256 e. The van der Waals surface area contributed by atoms with E-state index in [1.807, 2.05) is 26.0 Å². The second-order valence-electron chi connectivity index (χ2n) is 7.51. The number of nitrogens with one attached hydrogen (secondary N) is 1. The SMILES string of the molecule is Cc1nc(-c2cccc(NC(=O)C3CCCN3C(=O)c3cc(Cl)ccc3Cl)c2)oc1C. The number of aromatic nitrogens is 1. The molecule has 4 rings (SSSR count). The Bertz CT molecular complexity index is 1140. The molecule has 3 aromatic rings. The van der Waals surface area contributed by atoms with Crippen molar-refractivity contribution in [2.45, 2.75) is 32.7 Å². The number of anilines is 1. The molecule has 2 amide bonds. The lowest BCUT2D eigenvalue weighted by atomic mass is 10.1. The summed E-state index contributed by atoms with van der Waals surface area (Å²) in [7, 11) is 0. The van der Waals surface area contributed by atoms with Crippen LogP contribution in [-0.4, -0.2) is 34.3 Å². The van der Waals surface area contributed by atoms with E-state index in [1.54, 1.807) is 29.2 Å². The van der Waals surface area contributed by atoms with Gasteiger partial charge < -0.3 is 14.6 Å². The molecule has 1 fully saturated rings. The van der Waals surface area contributed by atoms with E-state index in [2.05, 4.69) is 10.3 Å². The van der Waals surface area contributed by atoms with Gasteiger partial charge in [-0.15, -0.1) is 0 Å². The van der Waals surface area contributed by atoms with Gasteiger partial charge in [0.2, 0.25) is 11.8 Å². The zero-order valence-corrected chi connectivity index (χ0v) is 18.6. The zero-order valence-electron chi connectivity index (χ0n) is 17.1. The third-order valence-electron chi connectivity index (χ3n) is 5.38. The van der Waals surface area contributed by atoms with E-state index in [-0.39, 0.29) is 11.8 Å². The average Bonchev–Trinajstić information content (AvgIpc) is 3.36. The van der Waals surface area contributed by atoms with Crippen LogP contribution in [0.2, 0.25) is 10.0 Å². The highest BCUT2D eigenvalue weighted by molar-refractivity contribution is 6.35. The molecule has 0 spiro atoms. The van der Waals surface area contributed by atoms with Crippen LogP contribution in [0.3, 0.4) is 0 Å². The number of hydrogen-bond acceptors (Lipinski definition) is 4. The number of rotatable bonds is 4. The maximum absolute atomic E-state index is 13.0. The van der Waals surface area contributed by atoms with Crippen LogP contribution in [0, 0.1) is 13.8 Å². The van der Waals surface area contributed by atoms with Gasteiger partial charge in [-0.1, -0.05) is 29.3 Å². The molecular formula is C23H21Cl2N3O3. The van der Waals surface area contributed by atoms with Crippen molar-refractivity contribution in [3.05, 3.63) is 69.5 Å². The number of amides is 2. The Morgan fingerprint density at radius 2 is 1.97 bits per heavy atom. The molecule has 1 saturated heterocycles. The van der Waals surface area contributed by atoms with Crippen molar-refractivity contribution in [3.63, 3.8) is 0 Å². The van der Waals surface area contributed by atoms with Gasteiger partial charge in [-0.3, -0.25) is 9.59 Å². The van der Waals surface area contributed by atoms with Gasteiger partial charge in [-0.05, 0) is 63.1 Å². The Hall–Kier alpha value is -2.83. The molecule has 2 heterocycles. The fourth-order valence-electron chi connectivity index (χ4n) is 3.65. The van der Waals surface area contributed by atoms with Gasteiger partial charge in [-0.2, -0.15) is 0 Å². The largest absolute Gasteiger partial charge is 0.441 e.